The Morgan fingerprint density at radius 3 is 2.75 bits per heavy atom. The standard InChI is InChI=1S/C9H17NOS/c10-5-1-2-8-12-9-3-6-11-7-4-9/h1-2,9H,3-8,10H2/b2-1+. The van der Waals surface area contributed by atoms with E-state index in [1.165, 1.54) is 12.8 Å². The van der Waals surface area contributed by atoms with Gasteiger partial charge in [0.15, 0.2) is 0 Å². The highest BCUT2D eigenvalue weighted by atomic mass is 32.2. The Hall–Kier alpha value is 0.01000. The van der Waals surface area contributed by atoms with Crippen LogP contribution in [0, 0.1) is 0 Å². The minimum atomic E-state index is 0.661. The van der Waals surface area contributed by atoms with Crippen LogP contribution in [0.25, 0.3) is 0 Å². The first-order valence-corrected chi connectivity index (χ1v) is 5.53. The van der Waals surface area contributed by atoms with Crippen LogP contribution >= 0.6 is 11.8 Å². The van der Waals surface area contributed by atoms with E-state index in [0.29, 0.717) is 6.54 Å². The molecule has 0 radical (unpaired) electrons. The van der Waals surface area contributed by atoms with Crippen molar-refractivity contribution >= 4 is 11.8 Å². The van der Waals surface area contributed by atoms with Gasteiger partial charge in [0.1, 0.15) is 0 Å². The Kier molecular flexibility index (Phi) is 5.48. The minimum Gasteiger partial charge on any atom is -0.381 e. The first-order valence-electron chi connectivity index (χ1n) is 4.48. The van der Waals surface area contributed by atoms with Crippen molar-refractivity contribution < 1.29 is 4.74 Å². The van der Waals surface area contributed by atoms with Crippen LogP contribution in [-0.4, -0.2) is 30.8 Å². The van der Waals surface area contributed by atoms with Crippen molar-refractivity contribution in [2.75, 3.05) is 25.5 Å². The summed E-state index contributed by atoms with van der Waals surface area (Å²) in [6.07, 6.45) is 6.59. The summed E-state index contributed by atoms with van der Waals surface area (Å²) in [4.78, 5) is 0. The van der Waals surface area contributed by atoms with Gasteiger partial charge < -0.3 is 10.5 Å². The molecule has 1 aliphatic rings. The van der Waals surface area contributed by atoms with Crippen LogP contribution in [0.15, 0.2) is 12.2 Å². The van der Waals surface area contributed by atoms with Gasteiger partial charge in [0, 0.05) is 30.8 Å². The maximum Gasteiger partial charge on any atom is 0.0476 e. The Labute approximate surface area is 78.5 Å². The second kappa shape index (κ2) is 6.52. The molecule has 2 N–H and O–H groups in total. The number of hydrogen-bond acceptors (Lipinski definition) is 3. The molecule has 1 aliphatic heterocycles. The fourth-order valence-electron chi connectivity index (χ4n) is 1.20. The van der Waals surface area contributed by atoms with Crippen molar-refractivity contribution in [1.29, 1.82) is 0 Å². The molecule has 0 bridgehead atoms. The number of thioether (sulfide) groups is 1. The van der Waals surface area contributed by atoms with Gasteiger partial charge in [0.05, 0.1) is 0 Å². The SMILES string of the molecule is NC/C=C/CSC1CCOCC1. The number of hydrogen-bond donors (Lipinski definition) is 1. The average Bonchev–Trinajstić information content (AvgIpc) is 2.14. The van der Waals surface area contributed by atoms with Crippen molar-refractivity contribution in [2.24, 2.45) is 5.73 Å². The van der Waals surface area contributed by atoms with Gasteiger partial charge in [-0.2, -0.15) is 11.8 Å². The van der Waals surface area contributed by atoms with E-state index in [-0.39, 0.29) is 0 Å². The lowest BCUT2D eigenvalue weighted by atomic mass is 10.2. The first kappa shape index (κ1) is 10.1. The summed E-state index contributed by atoms with van der Waals surface area (Å²) in [5, 5.41) is 0.807. The molecule has 0 aliphatic carbocycles. The lowest BCUT2D eigenvalue weighted by molar-refractivity contribution is 0.100. The minimum absolute atomic E-state index is 0.661. The van der Waals surface area contributed by atoms with E-state index in [4.69, 9.17) is 10.5 Å². The lowest BCUT2D eigenvalue weighted by Crippen LogP contribution is -2.17. The van der Waals surface area contributed by atoms with E-state index in [1.54, 1.807) is 0 Å². The lowest BCUT2D eigenvalue weighted by Gasteiger charge is -2.20. The first-order chi connectivity index (χ1) is 5.93. The van der Waals surface area contributed by atoms with Crippen molar-refractivity contribution in [1.82, 2.24) is 0 Å². The monoisotopic (exact) mass is 187 g/mol. The van der Waals surface area contributed by atoms with E-state index in [1.807, 2.05) is 17.8 Å². The Balaban J connectivity index is 2.01. The maximum absolute atomic E-state index is 5.33. The van der Waals surface area contributed by atoms with Crippen LogP contribution in [0.3, 0.4) is 0 Å². The molecule has 0 aromatic heterocycles. The van der Waals surface area contributed by atoms with E-state index >= 15 is 0 Å². The van der Waals surface area contributed by atoms with Crippen LogP contribution < -0.4 is 5.73 Å². The summed E-state index contributed by atoms with van der Waals surface area (Å²) in [6, 6.07) is 0. The molecule has 2 nitrogen and oxygen atoms in total. The highest BCUT2D eigenvalue weighted by Crippen LogP contribution is 2.21. The Morgan fingerprint density at radius 2 is 2.08 bits per heavy atom. The normalized spacial score (nSPS) is 20.4. The van der Waals surface area contributed by atoms with Crippen LogP contribution in [-0.2, 0) is 4.74 Å². The third-order valence-electron chi connectivity index (χ3n) is 1.90. The highest BCUT2D eigenvalue weighted by molar-refractivity contribution is 8.00. The zero-order valence-electron chi connectivity index (χ0n) is 7.37. The summed E-state index contributed by atoms with van der Waals surface area (Å²) in [5.41, 5.74) is 5.33. The van der Waals surface area contributed by atoms with E-state index in [0.717, 1.165) is 24.2 Å². The summed E-state index contributed by atoms with van der Waals surface area (Å²) in [7, 11) is 0. The van der Waals surface area contributed by atoms with Gasteiger partial charge >= 0.3 is 0 Å². The molecule has 0 saturated carbocycles. The summed E-state index contributed by atoms with van der Waals surface area (Å²) in [6.45, 7) is 2.55. The topological polar surface area (TPSA) is 35.2 Å². The summed E-state index contributed by atoms with van der Waals surface area (Å²) >= 11 is 2.01. The number of ether oxygens (including phenoxy) is 1. The smallest absolute Gasteiger partial charge is 0.0476 e. The second-order valence-corrected chi connectivity index (χ2v) is 4.19. The van der Waals surface area contributed by atoms with E-state index < -0.39 is 0 Å². The predicted octanol–water partition coefficient (Wildman–Crippen LogP) is 1.41. The van der Waals surface area contributed by atoms with Gasteiger partial charge in [-0.3, -0.25) is 0 Å². The van der Waals surface area contributed by atoms with Gasteiger partial charge in [-0.15, -0.1) is 0 Å². The molecular formula is C9H17NOS. The Morgan fingerprint density at radius 1 is 1.33 bits per heavy atom. The number of rotatable bonds is 4. The summed E-state index contributed by atoms with van der Waals surface area (Å²) < 4.78 is 5.28. The second-order valence-electron chi connectivity index (χ2n) is 2.85. The molecule has 0 unspecified atom stereocenters. The quantitative estimate of drug-likeness (QED) is 0.676. The molecule has 1 heterocycles. The van der Waals surface area contributed by atoms with Crippen molar-refractivity contribution in [2.45, 2.75) is 18.1 Å². The van der Waals surface area contributed by atoms with Gasteiger partial charge in [-0.1, -0.05) is 12.2 Å². The number of nitrogens with two attached hydrogens (primary N) is 1. The molecular weight excluding hydrogens is 170 g/mol. The van der Waals surface area contributed by atoms with Crippen LogP contribution in [0.5, 0.6) is 0 Å². The van der Waals surface area contributed by atoms with Crippen molar-refractivity contribution in [3.05, 3.63) is 12.2 Å². The molecule has 1 fully saturated rings. The molecule has 3 heteroatoms. The van der Waals surface area contributed by atoms with Gasteiger partial charge in [-0.05, 0) is 12.8 Å². The predicted molar refractivity (Wildman–Crippen MR) is 54.5 cm³/mol. The van der Waals surface area contributed by atoms with Crippen LogP contribution in [0.4, 0.5) is 0 Å². The molecule has 0 amide bonds. The molecule has 0 atom stereocenters. The summed E-state index contributed by atoms with van der Waals surface area (Å²) in [5.74, 6) is 1.10. The molecule has 1 saturated heterocycles. The molecule has 0 aromatic rings. The molecule has 70 valence electrons. The van der Waals surface area contributed by atoms with Gasteiger partial charge in [-0.25, -0.2) is 0 Å². The fraction of sp³-hybridized carbons (Fsp3) is 0.778. The third kappa shape index (κ3) is 4.14. The molecule has 0 spiro atoms. The van der Waals surface area contributed by atoms with Crippen molar-refractivity contribution in [3.63, 3.8) is 0 Å². The maximum atomic E-state index is 5.33. The average molecular weight is 187 g/mol. The zero-order chi connectivity index (χ0) is 8.65. The molecule has 1 rings (SSSR count). The van der Waals surface area contributed by atoms with E-state index in [2.05, 4.69) is 6.08 Å². The third-order valence-corrected chi connectivity index (χ3v) is 3.23. The van der Waals surface area contributed by atoms with Gasteiger partial charge in [0.25, 0.3) is 0 Å². The fourth-order valence-corrected chi connectivity index (χ4v) is 2.24. The van der Waals surface area contributed by atoms with Crippen molar-refractivity contribution in [3.8, 4) is 0 Å². The highest BCUT2D eigenvalue weighted by Gasteiger charge is 2.12. The van der Waals surface area contributed by atoms with Crippen LogP contribution in [0.2, 0.25) is 0 Å². The van der Waals surface area contributed by atoms with E-state index in [9.17, 15) is 0 Å². The molecule has 0 aromatic carbocycles. The Bertz CT molecular complexity index is 132. The zero-order valence-corrected chi connectivity index (χ0v) is 8.19. The van der Waals surface area contributed by atoms with Gasteiger partial charge in [0.2, 0.25) is 0 Å². The van der Waals surface area contributed by atoms with Crippen LogP contribution in [0.1, 0.15) is 12.8 Å². The largest absolute Gasteiger partial charge is 0.381 e. The molecule has 12 heavy (non-hydrogen) atoms.